The zero-order chi connectivity index (χ0) is 22.7. The van der Waals surface area contributed by atoms with Gasteiger partial charge in [-0.15, -0.1) is 0 Å². The molecule has 32 heavy (non-hydrogen) atoms. The zero-order valence-electron chi connectivity index (χ0n) is 22.2. The molecule has 1 unspecified atom stereocenters. The largest absolute Gasteiger partial charge is 0.300 e. The highest BCUT2D eigenvalue weighted by Gasteiger charge is 2.45. The predicted octanol–water partition coefficient (Wildman–Crippen LogP) is 7.49. The Hall–Kier alpha value is -0.120. The SMILES string of the molecule is CCCCCCCCCCN1CCCNC1C(C)(C)N(C1CCCCC1)C1CCCCC1. The molecule has 1 N–H and O–H groups in total. The van der Waals surface area contributed by atoms with Crippen molar-refractivity contribution in [1.82, 2.24) is 15.1 Å². The minimum absolute atomic E-state index is 0.213. The van der Waals surface area contributed by atoms with Crippen LogP contribution in [0.25, 0.3) is 0 Å². The summed E-state index contributed by atoms with van der Waals surface area (Å²) in [5.74, 6) is 0. The lowest BCUT2D eigenvalue weighted by Crippen LogP contribution is -2.70. The van der Waals surface area contributed by atoms with Crippen LogP contribution in [0.15, 0.2) is 0 Å². The van der Waals surface area contributed by atoms with Crippen molar-refractivity contribution < 1.29 is 0 Å². The molecule has 2 aliphatic carbocycles. The molecule has 1 saturated heterocycles. The van der Waals surface area contributed by atoms with E-state index in [0.29, 0.717) is 6.17 Å². The number of unbranched alkanes of at least 4 members (excludes halogenated alkanes) is 7. The molecule has 1 atom stereocenters. The van der Waals surface area contributed by atoms with Crippen LogP contribution in [0.3, 0.4) is 0 Å². The number of hydrogen-bond acceptors (Lipinski definition) is 3. The molecular formula is C29H57N3. The molecule has 3 rings (SSSR count). The molecule has 0 aromatic carbocycles. The smallest absolute Gasteiger partial charge is 0.0781 e. The summed E-state index contributed by atoms with van der Waals surface area (Å²) in [6, 6.07) is 1.63. The van der Waals surface area contributed by atoms with Gasteiger partial charge in [0.05, 0.1) is 6.17 Å². The van der Waals surface area contributed by atoms with Gasteiger partial charge in [-0.05, 0) is 65.5 Å². The lowest BCUT2D eigenvalue weighted by Gasteiger charge is -2.56. The fraction of sp³-hybridized carbons (Fsp3) is 1.00. The second-order valence-electron chi connectivity index (χ2n) is 11.9. The second-order valence-corrected chi connectivity index (χ2v) is 11.9. The fourth-order valence-electron chi connectivity index (χ4n) is 7.26. The summed E-state index contributed by atoms with van der Waals surface area (Å²) in [4.78, 5) is 5.92. The van der Waals surface area contributed by atoms with Gasteiger partial charge in [-0.3, -0.25) is 9.80 Å². The van der Waals surface area contributed by atoms with E-state index in [9.17, 15) is 0 Å². The van der Waals surface area contributed by atoms with Gasteiger partial charge < -0.3 is 5.32 Å². The lowest BCUT2D eigenvalue weighted by molar-refractivity contribution is -0.0732. The van der Waals surface area contributed by atoms with Crippen LogP contribution in [0.5, 0.6) is 0 Å². The maximum Gasteiger partial charge on any atom is 0.0781 e. The van der Waals surface area contributed by atoms with Crippen LogP contribution in [-0.4, -0.2) is 53.2 Å². The monoisotopic (exact) mass is 447 g/mol. The average molecular weight is 448 g/mol. The number of nitrogens with zero attached hydrogens (tertiary/aromatic N) is 2. The Kier molecular flexibility index (Phi) is 11.9. The summed E-state index contributed by atoms with van der Waals surface area (Å²) < 4.78 is 0. The molecule has 0 aromatic heterocycles. The molecule has 3 aliphatic rings. The summed E-state index contributed by atoms with van der Waals surface area (Å²) >= 11 is 0. The van der Waals surface area contributed by atoms with Crippen LogP contribution in [0.2, 0.25) is 0 Å². The molecular weight excluding hydrogens is 390 g/mol. The van der Waals surface area contributed by atoms with Crippen molar-refractivity contribution in [2.24, 2.45) is 0 Å². The summed E-state index contributed by atoms with van der Waals surface area (Å²) in [5.41, 5.74) is 0.213. The van der Waals surface area contributed by atoms with E-state index < -0.39 is 0 Å². The average Bonchev–Trinajstić information content (AvgIpc) is 2.82. The molecule has 3 fully saturated rings. The van der Waals surface area contributed by atoms with E-state index in [1.54, 1.807) is 0 Å². The Morgan fingerprint density at radius 2 is 1.25 bits per heavy atom. The molecule has 0 amide bonds. The lowest BCUT2D eigenvalue weighted by atomic mass is 9.82. The maximum atomic E-state index is 4.03. The van der Waals surface area contributed by atoms with Gasteiger partial charge in [0.1, 0.15) is 0 Å². The Bertz CT molecular complexity index is 461. The minimum atomic E-state index is 0.213. The first-order valence-electron chi connectivity index (χ1n) is 14.9. The molecule has 0 aromatic rings. The van der Waals surface area contributed by atoms with Crippen LogP contribution < -0.4 is 5.32 Å². The normalized spacial score (nSPS) is 24.9. The Morgan fingerprint density at radius 1 is 0.719 bits per heavy atom. The van der Waals surface area contributed by atoms with Crippen molar-refractivity contribution in [2.75, 3.05) is 19.6 Å². The standard InChI is InChI=1S/C29H57N3/c1-4-5-6-7-8-9-10-17-24-31-25-18-23-30-28(31)29(2,3)32(26-19-13-11-14-20-26)27-21-15-12-16-22-27/h26-28,30H,4-25H2,1-3H3. The molecule has 1 heterocycles. The van der Waals surface area contributed by atoms with Crippen LogP contribution in [0.1, 0.15) is 143 Å². The topological polar surface area (TPSA) is 18.5 Å². The van der Waals surface area contributed by atoms with Crippen molar-refractivity contribution in [3.8, 4) is 0 Å². The molecule has 3 nitrogen and oxygen atoms in total. The third-order valence-corrected chi connectivity index (χ3v) is 8.89. The third kappa shape index (κ3) is 7.70. The van der Waals surface area contributed by atoms with Gasteiger partial charge in [0, 0.05) is 24.2 Å². The first kappa shape index (κ1) is 26.5. The van der Waals surface area contributed by atoms with Gasteiger partial charge in [0.2, 0.25) is 0 Å². The van der Waals surface area contributed by atoms with Crippen molar-refractivity contribution in [3.63, 3.8) is 0 Å². The molecule has 3 heteroatoms. The molecule has 188 valence electrons. The second kappa shape index (κ2) is 14.3. The van der Waals surface area contributed by atoms with E-state index in [4.69, 9.17) is 0 Å². The van der Waals surface area contributed by atoms with E-state index >= 15 is 0 Å². The van der Waals surface area contributed by atoms with Crippen LogP contribution >= 0.6 is 0 Å². The summed E-state index contributed by atoms with van der Waals surface area (Å²) in [6.07, 6.45) is 27.7. The summed E-state index contributed by atoms with van der Waals surface area (Å²) in [5, 5.41) is 4.03. The van der Waals surface area contributed by atoms with Crippen LogP contribution in [0.4, 0.5) is 0 Å². The minimum Gasteiger partial charge on any atom is -0.300 e. The first-order valence-corrected chi connectivity index (χ1v) is 14.9. The van der Waals surface area contributed by atoms with Gasteiger partial charge >= 0.3 is 0 Å². The van der Waals surface area contributed by atoms with Gasteiger partial charge in [0.25, 0.3) is 0 Å². The van der Waals surface area contributed by atoms with Crippen molar-refractivity contribution in [2.45, 2.75) is 167 Å². The zero-order valence-corrected chi connectivity index (χ0v) is 22.2. The highest BCUT2D eigenvalue weighted by molar-refractivity contribution is 5.01. The van der Waals surface area contributed by atoms with Gasteiger partial charge in [-0.1, -0.05) is 90.4 Å². The fourth-order valence-corrected chi connectivity index (χ4v) is 7.26. The van der Waals surface area contributed by atoms with Crippen molar-refractivity contribution in [3.05, 3.63) is 0 Å². The highest BCUT2D eigenvalue weighted by atomic mass is 15.4. The Labute approximate surface area is 201 Å². The van der Waals surface area contributed by atoms with Gasteiger partial charge in [-0.25, -0.2) is 0 Å². The van der Waals surface area contributed by atoms with Crippen LogP contribution in [-0.2, 0) is 0 Å². The van der Waals surface area contributed by atoms with E-state index in [1.165, 1.54) is 142 Å². The van der Waals surface area contributed by atoms with Gasteiger partial charge in [0.15, 0.2) is 0 Å². The number of rotatable bonds is 13. The number of hydrogen-bond donors (Lipinski definition) is 1. The molecule has 0 spiro atoms. The van der Waals surface area contributed by atoms with E-state index in [-0.39, 0.29) is 5.54 Å². The number of nitrogens with one attached hydrogen (secondary N) is 1. The molecule has 0 bridgehead atoms. The Balaban J connectivity index is 1.58. The van der Waals surface area contributed by atoms with E-state index in [0.717, 1.165) is 12.1 Å². The molecule has 1 aliphatic heterocycles. The van der Waals surface area contributed by atoms with Crippen LogP contribution in [0, 0.1) is 0 Å². The summed E-state index contributed by atoms with van der Waals surface area (Å²) in [6.45, 7) is 11.3. The van der Waals surface area contributed by atoms with Gasteiger partial charge in [-0.2, -0.15) is 0 Å². The first-order chi connectivity index (χ1) is 15.6. The van der Waals surface area contributed by atoms with E-state index in [2.05, 4.69) is 35.9 Å². The van der Waals surface area contributed by atoms with Crippen molar-refractivity contribution >= 4 is 0 Å². The predicted molar refractivity (Wildman–Crippen MR) is 140 cm³/mol. The maximum absolute atomic E-state index is 4.03. The Morgan fingerprint density at radius 3 is 1.81 bits per heavy atom. The highest BCUT2D eigenvalue weighted by Crippen LogP contribution is 2.38. The molecule has 0 radical (unpaired) electrons. The third-order valence-electron chi connectivity index (χ3n) is 8.89. The van der Waals surface area contributed by atoms with E-state index in [1.807, 2.05) is 0 Å². The quantitative estimate of drug-likeness (QED) is 0.295. The summed E-state index contributed by atoms with van der Waals surface area (Å²) in [7, 11) is 0. The molecule has 2 saturated carbocycles. The van der Waals surface area contributed by atoms with Crippen molar-refractivity contribution in [1.29, 1.82) is 0 Å².